The van der Waals surface area contributed by atoms with Crippen LogP contribution in [0.1, 0.15) is 6.23 Å². The number of nitrogens with two attached hydrogens (primary N) is 1. The van der Waals surface area contributed by atoms with Crippen molar-refractivity contribution in [3.05, 3.63) is 12.7 Å². The van der Waals surface area contributed by atoms with Crippen molar-refractivity contribution in [1.29, 1.82) is 0 Å². The molecule has 3 heterocycles. The Morgan fingerprint density at radius 2 is 1.52 bits per heavy atom. The molecule has 2 N–H and O–H groups in total. The maximum absolute atomic E-state index is 6.68. The van der Waals surface area contributed by atoms with Gasteiger partial charge in [0.1, 0.15) is 30.2 Å². The summed E-state index contributed by atoms with van der Waals surface area (Å²) >= 11 is 0. The molecule has 0 aliphatic carbocycles. The number of aromatic nitrogens is 4. The van der Waals surface area contributed by atoms with Crippen LogP contribution >= 0.6 is 0 Å². The molecule has 1 aliphatic heterocycles. The molecule has 0 aromatic carbocycles. The molecule has 2 aromatic rings. The maximum Gasteiger partial charge on any atom is 0.184 e. The highest BCUT2D eigenvalue weighted by Gasteiger charge is 2.50. The van der Waals surface area contributed by atoms with Crippen molar-refractivity contribution >= 4 is 41.9 Å². The van der Waals surface area contributed by atoms with E-state index in [1.54, 1.807) is 6.33 Å². The van der Waals surface area contributed by atoms with E-state index in [0.717, 1.165) is 0 Å². The first kappa shape index (κ1) is 24.5. The zero-order chi connectivity index (χ0) is 23.2. The summed E-state index contributed by atoms with van der Waals surface area (Å²) in [6.07, 6.45) is 1.91. The number of fused-ring (bicyclic) bond motifs is 1. The zero-order valence-electron chi connectivity index (χ0n) is 20.2. The molecule has 0 bridgehead atoms. The van der Waals surface area contributed by atoms with Gasteiger partial charge in [0.15, 0.2) is 42.6 Å². The minimum absolute atomic E-state index is 0.239. The van der Waals surface area contributed by atoms with Gasteiger partial charge in [0.25, 0.3) is 0 Å². The van der Waals surface area contributed by atoms with Crippen LogP contribution in [0.4, 0.5) is 5.82 Å². The topological polar surface area (TPSA) is 107 Å². The molecule has 0 radical (unpaired) electrons. The highest BCUT2D eigenvalue weighted by Crippen LogP contribution is 2.38. The average Bonchev–Trinajstić information content (AvgIpc) is 3.13. The van der Waals surface area contributed by atoms with E-state index in [-0.39, 0.29) is 18.3 Å². The monoisotopic (exact) mass is 483 g/mol. The zero-order valence-corrected chi connectivity index (χ0v) is 23.2. The Morgan fingerprint density at radius 3 is 2.10 bits per heavy atom. The lowest BCUT2D eigenvalue weighted by molar-refractivity contribution is -0.0457. The molecule has 0 saturated carbocycles. The predicted molar refractivity (Wildman–Crippen MR) is 129 cm³/mol. The number of nitrogen functional groups attached to an aromatic ring is 1. The lowest BCUT2D eigenvalue weighted by Crippen LogP contribution is -2.48. The predicted octanol–water partition coefficient (Wildman–Crippen LogP) is 3.60. The van der Waals surface area contributed by atoms with Crippen molar-refractivity contribution in [1.82, 2.24) is 19.5 Å². The molecule has 0 amide bonds. The number of imidazole rings is 1. The Hall–Kier alpha value is -1.16. The van der Waals surface area contributed by atoms with Crippen LogP contribution in [-0.2, 0) is 18.0 Å². The Bertz CT molecular complexity index is 907. The maximum atomic E-state index is 6.68. The third-order valence-corrected chi connectivity index (χ3v) is 7.60. The van der Waals surface area contributed by atoms with E-state index in [0.29, 0.717) is 23.6 Å². The summed E-state index contributed by atoms with van der Waals surface area (Å²) in [7, 11) is -5.56. The Morgan fingerprint density at radius 1 is 0.903 bits per heavy atom. The molecule has 31 heavy (non-hydrogen) atoms. The number of hydrogen-bond acceptors (Lipinski definition) is 8. The van der Waals surface area contributed by atoms with E-state index in [4.69, 9.17) is 23.7 Å². The average molecular weight is 484 g/mol. The minimum Gasteiger partial charge on any atom is -0.415 e. The van der Waals surface area contributed by atoms with Crippen LogP contribution < -0.4 is 5.73 Å². The van der Waals surface area contributed by atoms with E-state index in [1.165, 1.54) is 6.33 Å². The van der Waals surface area contributed by atoms with E-state index >= 15 is 0 Å². The van der Waals surface area contributed by atoms with Crippen LogP contribution in [0.15, 0.2) is 12.7 Å². The highest BCUT2D eigenvalue weighted by molar-refractivity contribution is 6.70. The van der Waals surface area contributed by atoms with Crippen molar-refractivity contribution in [2.45, 2.75) is 83.5 Å². The molecule has 1 saturated heterocycles. The van der Waals surface area contributed by atoms with Gasteiger partial charge < -0.3 is 23.7 Å². The number of hydrogen-bond donors (Lipinski definition) is 1. The van der Waals surface area contributed by atoms with Crippen LogP contribution in [0.2, 0.25) is 58.9 Å². The quantitative estimate of drug-likeness (QED) is 0.568. The van der Waals surface area contributed by atoms with Crippen molar-refractivity contribution in [3.8, 4) is 0 Å². The Balaban J connectivity index is 2.03. The molecule has 1 aliphatic rings. The molecule has 3 rings (SSSR count). The van der Waals surface area contributed by atoms with Gasteiger partial charge in [-0.25, -0.2) is 15.0 Å². The fraction of sp³-hybridized carbons (Fsp3) is 0.737. The standard InChI is InChI=1S/C19H37N5O4Si3/c1-29(2,3)25-10-13-15(27-30(4,5)6)16(28-31(7,8)9)19(26-13)24-12-23-14-17(20)21-11-22-18(14)24/h11-13,15-16,19H,10H2,1-9H3,(H2,20,21,22)/t13-,15-,16-,19-/m1/s1. The summed E-state index contributed by atoms with van der Waals surface area (Å²) in [5.74, 6) is 0.345. The van der Waals surface area contributed by atoms with Gasteiger partial charge in [0, 0.05) is 0 Å². The molecule has 174 valence electrons. The van der Waals surface area contributed by atoms with Gasteiger partial charge in [-0.15, -0.1) is 0 Å². The summed E-state index contributed by atoms with van der Waals surface area (Å²) < 4.78 is 28.1. The second-order valence-electron chi connectivity index (χ2n) is 11.0. The number of rotatable bonds is 8. The largest absolute Gasteiger partial charge is 0.415 e. The normalized spacial score (nSPS) is 25.5. The Labute approximate surface area is 188 Å². The number of anilines is 1. The lowest BCUT2D eigenvalue weighted by atomic mass is 10.1. The SMILES string of the molecule is C[Si](C)(C)OC[C@H]1O[C@@H](n2cnc3c(N)ncnc32)[C@H](O[Si](C)(C)C)[C@@H]1O[Si](C)(C)C. The third kappa shape index (κ3) is 6.21. The molecule has 4 atom stereocenters. The molecule has 0 spiro atoms. The fourth-order valence-electron chi connectivity index (χ4n) is 3.54. The molecule has 0 unspecified atom stereocenters. The molecule has 9 nitrogen and oxygen atoms in total. The van der Waals surface area contributed by atoms with E-state index in [9.17, 15) is 0 Å². The molecule has 1 fully saturated rings. The first-order chi connectivity index (χ1) is 14.1. The Kier molecular flexibility index (Phi) is 6.83. The van der Waals surface area contributed by atoms with E-state index < -0.39 is 31.2 Å². The van der Waals surface area contributed by atoms with Gasteiger partial charge in [-0.1, -0.05) is 0 Å². The lowest BCUT2D eigenvalue weighted by Gasteiger charge is -2.34. The third-order valence-electron chi connectivity index (χ3n) is 4.61. The first-order valence-corrected chi connectivity index (χ1v) is 21.0. The van der Waals surface area contributed by atoms with Crippen LogP contribution in [0.25, 0.3) is 11.2 Å². The number of ether oxygens (including phenoxy) is 1. The minimum atomic E-state index is -1.93. The van der Waals surface area contributed by atoms with Crippen LogP contribution in [0, 0.1) is 0 Å². The highest BCUT2D eigenvalue weighted by atomic mass is 28.4. The molecule has 2 aromatic heterocycles. The molecular weight excluding hydrogens is 446 g/mol. The summed E-state index contributed by atoms with van der Waals surface area (Å²) in [5.41, 5.74) is 7.19. The van der Waals surface area contributed by atoms with Crippen LogP contribution in [0.5, 0.6) is 0 Å². The van der Waals surface area contributed by atoms with Crippen LogP contribution in [0.3, 0.4) is 0 Å². The van der Waals surface area contributed by atoms with E-state index in [2.05, 4.69) is 73.9 Å². The van der Waals surface area contributed by atoms with Crippen molar-refractivity contribution < 1.29 is 18.0 Å². The van der Waals surface area contributed by atoms with Gasteiger partial charge >= 0.3 is 0 Å². The smallest absolute Gasteiger partial charge is 0.184 e. The van der Waals surface area contributed by atoms with Crippen LogP contribution in [-0.4, -0.2) is 69.4 Å². The molecule has 12 heteroatoms. The van der Waals surface area contributed by atoms with Gasteiger partial charge in [-0.3, -0.25) is 4.57 Å². The first-order valence-electron chi connectivity index (χ1n) is 10.7. The van der Waals surface area contributed by atoms with Crippen molar-refractivity contribution in [3.63, 3.8) is 0 Å². The second-order valence-corrected chi connectivity index (χ2v) is 24.4. The van der Waals surface area contributed by atoms with Gasteiger partial charge in [0.2, 0.25) is 0 Å². The summed E-state index contributed by atoms with van der Waals surface area (Å²) in [5, 5.41) is 0. The van der Waals surface area contributed by atoms with Gasteiger partial charge in [0.05, 0.1) is 12.9 Å². The summed E-state index contributed by atoms with van der Waals surface area (Å²) in [6.45, 7) is 20.1. The fourth-order valence-corrected chi connectivity index (χ4v) is 6.37. The summed E-state index contributed by atoms with van der Waals surface area (Å²) in [6, 6.07) is 0. The summed E-state index contributed by atoms with van der Waals surface area (Å²) in [4.78, 5) is 12.9. The van der Waals surface area contributed by atoms with Crippen molar-refractivity contribution in [2.24, 2.45) is 0 Å². The number of nitrogens with zero attached hydrogens (tertiary/aromatic N) is 4. The van der Waals surface area contributed by atoms with Crippen molar-refractivity contribution in [2.75, 3.05) is 12.3 Å². The molecular formula is C19H37N5O4Si3. The van der Waals surface area contributed by atoms with E-state index in [1.807, 2.05) is 4.57 Å². The second kappa shape index (κ2) is 8.65. The van der Waals surface area contributed by atoms with Gasteiger partial charge in [-0.2, -0.15) is 0 Å². The van der Waals surface area contributed by atoms with Gasteiger partial charge in [-0.05, 0) is 58.9 Å².